The summed E-state index contributed by atoms with van der Waals surface area (Å²) in [5.74, 6) is 0.110. The Labute approximate surface area is 140 Å². The van der Waals surface area contributed by atoms with Gasteiger partial charge in [-0.05, 0) is 36.5 Å². The molecular weight excluding hydrogens is 321 g/mol. The zero-order valence-electron chi connectivity index (χ0n) is 12.9. The molecule has 0 aromatic heterocycles. The van der Waals surface area contributed by atoms with Gasteiger partial charge in [-0.2, -0.15) is 0 Å². The Kier molecular flexibility index (Phi) is 3.39. The minimum absolute atomic E-state index is 0.0922. The van der Waals surface area contributed by atoms with Crippen molar-refractivity contribution in [2.45, 2.75) is 40.0 Å². The van der Waals surface area contributed by atoms with Crippen molar-refractivity contribution in [3.63, 3.8) is 0 Å². The third-order valence-electron chi connectivity index (χ3n) is 6.32. The number of halogens is 2. The van der Waals surface area contributed by atoms with E-state index in [0.717, 1.165) is 12.8 Å². The molecule has 1 aromatic carbocycles. The molecule has 0 unspecified atom stereocenters. The van der Waals surface area contributed by atoms with Gasteiger partial charge in [-0.15, -0.1) is 0 Å². The highest BCUT2D eigenvalue weighted by Gasteiger charge is 2.72. The van der Waals surface area contributed by atoms with E-state index < -0.39 is 10.8 Å². The normalized spacial score (nSPS) is 32.3. The van der Waals surface area contributed by atoms with Gasteiger partial charge in [-0.25, -0.2) is 0 Å². The number of hydrogen-bond acceptors (Lipinski definition) is 2. The lowest BCUT2D eigenvalue weighted by Crippen LogP contribution is -2.43. The van der Waals surface area contributed by atoms with E-state index in [-0.39, 0.29) is 17.1 Å². The van der Waals surface area contributed by atoms with Crippen molar-refractivity contribution in [2.75, 3.05) is 5.32 Å². The van der Waals surface area contributed by atoms with E-state index in [1.807, 2.05) is 20.8 Å². The third-order valence-corrected chi connectivity index (χ3v) is 7.06. The van der Waals surface area contributed by atoms with E-state index in [0.29, 0.717) is 22.2 Å². The molecule has 0 aliphatic heterocycles. The molecule has 0 spiro atoms. The predicted octanol–water partition coefficient (Wildman–Crippen LogP) is 4.72. The summed E-state index contributed by atoms with van der Waals surface area (Å²) in [7, 11) is 0. The van der Waals surface area contributed by atoms with Gasteiger partial charge < -0.3 is 5.32 Å². The molecule has 0 heterocycles. The molecule has 1 amide bonds. The molecule has 1 aromatic rings. The van der Waals surface area contributed by atoms with Crippen LogP contribution in [0.1, 0.15) is 40.0 Å². The molecule has 0 saturated heterocycles. The summed E-state index contributed by atoms with van der Waals surface area (Å²) in [6.45, 7) is 6.08. The molecule has 2 bridgehead atoms. The zero-order valence-corrected chi connectivity index (χ0v) is 14.4. The van der Waals surface area contributed by atoms with Gasteiger partial charge >= 0.3 is 0 Å². The van der Waals surface area contributed by atoms with Crippen LogP contribution in [0.2, 0.25) is 10.0 Å². The first-order valence-corrected chi connectivity index (χ1v) is 8.19. The Morgan fingerprint density at radius 2 is 1.82 bits per heavy atom. The SMILES string of the molecule is CC1(C)[C@@]2(C(=O)Nc3ccc(Cl)c(Cl)c3)CC[C@@]1(C)C(=O)C2. The number of carbonyl (C=O) groups is 2. The molecule has 2 aliphatic carbocycles. The van der Waals surface area contributed by atoms with Crippen LogP contribution in [0, 0.1) is 16.2 Å². The summed E-state index contributed by atoms with van der Waals surface area (Å²) in [5, 5.41) is 3.77. The number of nitrogens with one attached hydrogen (secondary N) is 1. The monoisotopic (exact) mass is 339 g/mol. The Balaban J connectivity index is 1.92. The van der Waals surface area contributed by atoms with Gasteiger partial charge in [0.15, 0.2) is 0 Å². The summed E-state index contributed by atoms with van der Waals surface area (Å²) < 4.78 is 0. The molecule has 5 heteroatoms. The van der Waals surface area contributed by atoms with Crippen LogP contribution < -0.4 is 5.32 Å². The fraction of sp³-hybridized carbons (Fsp3) is 0.529. The molecule has 22 heavy (non-hydrogen) atoms. The molecule has 2 saturated carbocycles. The number of anilines is 1. The van der Waals surface area contributed by atoms with Crippen LogP contribution >= 0.6 is 23.2 Å². The first-order chi connectivity index (χ1) is 10.1. The van der Waals surface area contributed by atoms with Gasteiger partial charge in [0.2, 0.25) is 5.91 Å². The predicted molar refractivity (Wildman–Crippen MR) is 88.3 cm³/mol. The summed E-state index contributed by atoms with van der Waals surface area (Å²) in [5.41, 5.74) is -0.776. The topological polar surface area (TPSA) is 46.2 Å². The Morgan fingerprint density at radius 3 is 2.32 bits per heavy atom. The highest BCUT2D eigenvalue weighted by molar-refractivity contribution is 6.42. The van der Waals surface area contributed by atoms with Crippen LogP contribution in [0.5, 0.6) is 0 Å². The molecule has 2 atom stereocenters. The van der Waals surface area contributed by atoms with Gasteiger partial charge in [-0.1, -0.05) is 44.0 Å². The van der Waals surface area contributed by atoms with E-state index in [1.165, 1.54) is 0 Å². The average molecular weight is 340 g/mol. The molecular formula is C17H19Cl2NO2. The number of hydrogen-bond donors (Lipinski definition) is 1. The average Bonchev–Trinajstić information content (AvgIpc) is 2.73. The molecule has 2 fully saturated rings. The van der Waals surface area contributed by atoms with Crippen molar-refractivity contribution in [3.05, 3.63) is 28.2 Å². The first kappa shape index (κ1) is 15.8. The van der Waals surface area contributed by atoms with Crippen molar-refractivity contribution < 1.29 is 9.59 Å². The lowest BCUT2D eigenvalue weighted by molar-refractivity contribution is -0.131. The zero-order chi connectivity index (χ0) is 16.3. The van der Waals surface area contributed by atoms with Gasteiger partial charge in [0.05, 0.1) is 15.5 Å². The maximum Gasteiger partial charge on any atom is 0.231 e. The second-order valence-corrected chi connectivity index (χ2v) is 8.04. The Hall–Kier alpha value is -1.06. The molecule has 3 rings (SSSR count). The largest absolute Gasteiger partial charge is 0.326 e. The number of benzene rings is 1. The highest BCUT2D eigenvalue weighted by Crippen LogP contribution is 2.70. The highest BCUT2D eigenvalue weighted by atomic mass is 35.5. The van der Waals surface area contributed by atoms with Crippen molar-refractivity contribution in [2.24, 2.45) is 16.2 Å². The second-order valence-electron chi connectivity index (χ2n) is 7.22. The van der Waals surface area contributed by atoms with Crippen LogP contribution in [0.3, 0.4) is 0 Å². The van der Waals surface area contributed by atoms with Crippen molar-refractivity contribution in [1.29, 1.82) is 0 Å². The Morgan fingerprint density at radius 1 is 1.14 bits per heavy atom. The Bertz CT molecular complexity index is 685. The molecule has 1 N–H and O–H groups in total. The number of rotatable bonds is 2. The van der Waals surface area contributed by atoms with E-state index in [9.17, 15) is 9.59 Å². The molecule has 2 aliphatic rings. The van der Waals surface area contributed by atoms with Crippen LogP contribution in [0.4, 0.5) is 5.69 Å². The van der Waals surface area contributed by atoms with Crippen LogP contribution in [-0.4, -0.2) is 11.7 Å². The van der Waals surface area contributed by atoms with E-state index in [4.69, 9.17) is 23.2 Å². The molecule has 118 valence electrons. The van der Waals surface area contributed by atoms with Crippen LogP contribution in [0.25, 0.3) is 0 Å². The molecule has 0 radical (unpaired) electrons. The van der Waals surface area contributed by atoms with Crippen LogP contribution in [0.15, 0.2) is 18.2 Å². The van der Waals surface area contributed by atoms with Crippen molar-refractivity contribution in [3.8, 4) is 0 Å². The minimum Gasteiger partial charge on any atom is -0.326 e. The van der Waals surface area contributed by atoms with Gasteiger partial charge in [0.25, 0.3) is 0 Å². The van der Waals surface area contributed by atoms with Gasteiger partial charge in [0, 0.05) is 17.5 Å². The van der Waals surface area contributed by atoms with Crippen molar-refractivity contribution >= 4 is 40.6 Å². The third kappa shape index (κ3) is 1.82. The van der Waals surface area contributed by atoms with Gasteiger partial charge in [0.1, 0.15) is 5.78 Å². The smallest absolute Gasteiger partial charge is 0.231 e. The summed E-state index contributed by atoms with van der Waals surface area (Å²) in [6, 6.07) is 5.01. The lowest BCUT2D eigenvalue weighted by atomic mass is 9.64. The molecule has 3 nitrogen and oxygen atoms in total. The number of fused-ring (bicyclic) bond motifs is 2. The minimum atomic E-state index is -0.634. The second kappa shape index (κ2) is 4.72. The summed E-state index contributed by atoms with van der Waals surface area (Å²) in [4.78, 5) is 25.4. The van der Waals surface area contributed by atoms with Crippen LogP contribution in [-0.2, 0) is 9.59 Å². The first-order valence-electron chi connectivity index (χ1n) is 7.44. The fourth-order valence-electron chi connectivity index (χ4n) is 4.19. The lowest BCUT2D eigenvalue weighted by Gasteiger charge is -2.38. The fourth-order valence-corrected chi connectivity index (χ4v) is 4.48. The number of carbonyl (C=O) groups excluding carboxylic acids is 2. The van der Waals surface area contributed by atoms with Crippen molar-refractivity contribution in [1.82, 2.24) is 0 Å². The summed E-state index contributed by atoms with van der Waals surface area (Å²) >= 11 is 11.9. The maximum absolute atomic E-state index is 13.0. The number of Topliss-reactive ketones (excluding diaryl/α,β-unsaturated/α-hetero) is 1. The van der Waals surface area contributed by atoms with Gasteiger partial charge in [-0.3, -0.25) is 9.59 Å². The summed E-state index contributed by atoms with van der Waals surface area (Å²) in [6.07, 6.45) is 1.84. The van der Waals surface area contributed by atoms with E-state index >= 15 is 0 Å². The van der Waals surface area contributed by atoms with E-state index in [1.54, 1.807) is 18.2 Å². The number of amides is 1. The number of ketones is 1. The quantitative estimate of drug-likeness (QED) is 0.847. The maximum atomic E-state index is 13.0. The standard InChI is InChI=1S/C17H19Cl2NO2/c1-15(2)16(3)6-7-17(15,9-13(16)21)14(22)20-10-4-5-11(18)12(19)8-10/h4-5,8H,6-7,9H2,1-3H3,(H,20,22)/t16-,17-/m0/s1. The van der Waals surface area contributed by atoms with E-state index in [2.05, 4.69) is 5.32 Å².